The lowest BCUT2D eigenvalue weighted by atomic mass is 9.80. The molecule has 0 saturated heterocycles. The van der Waals surface area contributed by atoms with Crippen molar-refractivity contribution >= 4 is 64.6 Å². The first kappa shape index (κ1) is 52.9. The Kier molecular flexibility index (Phi) is 12.5. The van der Waals surface area contributed by atoms with E-state index in [-0.39, 0.29) is 0 Å². The highest BCUT2D eigenvalue weighted by Gasteiger charge is 2.25. The molecule has 0 aliphatic carbocycles. The molecule has 0 radical (unpaired) electrons. The molecule has 0 aromatic heterocycles. The standard InChI is InChI=1S/C80H78/c1-39-43(5)51(13)77(52(14)44(39)6)73-36-71-65-31-29-60(34-68(65)76(37-69(71)61-25-21-23-27-63(61)73)80-57(19)49(11)42(4)50(12)58(80)20)59-30-32-66-67(33-59)72-38-74(78-53(15)45(7)40(2)46(8)54(78)16)64-28-24-22-26-62(64)70(72)35-75(66)79-55(17)47(9)41(3)48(10)56(79)18/h21-38H,1-20H3. The largest absolute Gasteiger partial charge is 0.0616 e. The van der Waals surface area contributed by atoms with Gasteiger partial charge in [-0.2, -0.15) is 0 Å². The summed E-state index contributed by atoms with van der Waals surface area (Å²) in [6, 6.07) is 43.4. The first-order chi connectivity index (χ1) is 38.0. The van der Waals surface area contributed by atoms with Crippen molar-refractivity contribution in [2.24, 2.45) is 0 Å². The Morgan fingerprint density at radius 3 is 0.637 bits per heavy atom. The van der Waals surface area contributed by atoms with E-state index in [1.807, 2.05) is 0 Å². The van der Waals surface area contributed by atoms with Gasteiger partial charge in [0.2, 0.25) is 0 Å². The van der Waals surface area contributed by atoms with Gasteiger partial charge in [0.15, 0.2) is 0 Å². The van der Waals surface area contributed by atoms with Gasteiger partial charge in [0, 0.05) is 0 Å². The summed E-state index contributed by atoms with van der Waals surface area (Å²) in [4.78, 5) is 0. The minimum atomic E-state index is 1.22. The maximum atomic E-state index is 2.56. The average Bonchev–Trinajstić information content (AvgIpc) is 2.36. The first-order valence-corrected chi connectivity index (χ1v) is 29.2. The molecule has 0 atom stereocenters. The van der Waals surface area contributed by atoms with Gasteiger partial charge in [-0.15, -0.1) is 0 Å². The summed E-state index contributed by atoms with van der Waals surface area (Å²) in [6.45, 7) is 46.4. The summed E-state index contributed by atoms with van der Waals surface area (Å²) >= 11 is 0. The molecule has 0 fully saturated rings. The van der Waals surface area contributed by atoms with Gasteiger partial charge in [0.05, 0.1) is 0 Å². The molecule has 0 bridgehead atoms. The summed E-state index contributed by atoms with van der Waals surface area (Å²) in [5.74, 6) is 0. The molecule has 80 heavy (non-hydrogen) atoms. The second-order valence-corrected chi connectivity index (χ2v) is 24.5. The van der Waals surface area contributed by atoms with Crippen LogP contribution in [0.3, 0.4) is 0 Å². The zero-order chi connectivity index (χ0) is 57.0. The van der Waals surface area contributed by atoms with E-state index in [4.69, 9.17) is 0 Å². The third-order valence-corrected chi connectivity index (χ3v) is 21.4. The molecule has 12 rings (SSSR count). The van der Waals surface area contributed by atoms with Crippen LogP contribution in [0, 0.1) is 138 Å². The molecular formula is C80H78. The molecule has 12 aromatic carbocycles. The van der Waals surface area contributed by atoms with E-state index < -0.39 is 0 Å². The lowest BCUT2D eigenvalue weighted by Crippen LogP contribution is -2.01. The number of hydrogen-bond donors (Lipinski definition) is 0. The Bertz CT molecular complexity index is 4650. The molecule has 0 spiro atoms. The van der Waals surface area contributed by atoms with E-state index in [9.17, 15) is 0 Å². The van der Waals surface area contributed by atoms with Crippen molar-refractivity contribution in [2.45, 2.75) is 138 Å². The maximum absolute atomic E-state index is 2.56. The van der Waals surface area contributed by atoms with E-state index in [1.165, 1.54) is 232 Å². The van der Waals surface area contributed by atoms with Crippen LogP contribution >= 0.6 is 0 Å². The van der Waals surface area contributed by atoms with Crippen molar-refractivity contribution in [3.63, 3.8) is 0 Å². The third kappa shape index (κ3) is 7.47. The molecule has 0 heterocycles. The highest BCUT2D eigenvalue weighted by molar-refractivity contribution is 6.27. The third-order valence-electron chi connectivity index (χ3n) is 21.4. The Morgan fingerprint density at radius 2 is 0.338 bits per heavy atom. The predicted octanol–water partition coefficient (Wildman–Crippen LogP) is 23.1. The molecule has 398 valence electrons. The van der Waals surface area contributed by atoms with Crippen LogP contribution in [0.15, 0.2) is 109 Å². The van der Waals surface area contributed by atoms with Crippen LogP contribution in [-0.2, 0) is 0 Å². The van der Waals surface area contributed by atoms with E-state index in [1.54, 1.807) is 0 Å². The average molecular weight is 1040 g/mol. The highest BCUT2D eigenvalue weighted by Crippen LogP contribution is 2.50. The second kappa shape index (κ2) is 18.9. The van der Waals surface area contributed by atoms with Crippen molar-refractivity contribution in [1.82, 2.24) is 0 Å². The van der Waals surface area contributed by atoms with Crippen molar-refractivity contribution in [2.75, 3.05) is 0 Å². The van der Waals surface area contributed by atoms with Gasteiger partial charge in [-0.05, 0) is 406 Å². The van der Waals surface area contributed by atoms with Crippen LogP contribution in [0.25, 0.3) is 120 Å². The molecule has 0 aliphatic heterocycles. The van der Waals surface area contributed by atoms with Gasteiger partial charge in [-0.3, -0.25) is 0 Å². The van der Waals surface area contributed by atoms with Crippen LogP contribution in [0.5, 0.6) is 0 Å². The molecule has 0 heteroatoms. The van der Waals surface area contributed by atoms with Gasteiger partial charge >= 0.3 is 0 Å². The minimum absolute atomic E-state index is 1.22. The normalized spacial score (nSPS) is 12.0. The summed E-state index contributed by atoms with van der Waals surface area (Å²) in [7, 11) is 0. The minimum Gasteiger partial charge on any atom is -0.0616 e. The lowest BCUT2D eigenvalue weighted by Gasteiger charge is -2.24. The van der Waals surface area contributed by atoms with E-state index in [0.29, 0.717) is 0 Å². The van der Waals surface area contributed by atoms with Crippen molar-refractivity contribution in [3.8, 4) is 55.6 Å². The summed E-state index contributed by atoms with van der Waals surface area (Å²) in [5.41, 5.74) is 40.6. The quantitative estimate of drug-likeness (QED) is 0.151. The van der Waals surface area contributed by atoms with Gasteiger partial charge in [0.25, 0.3) is 0 Å². The van der Waals surface area contributed by atoms with Crippen molar-refractivity contribution in [3.05, 3.63) is 220 Å². The van der Waals surface area contributed by atoms with E-state index in [2.05, 4.69) is 248 Å². The fourth-order valence-electron chi connectivity index (χ4n) is 14.8. The van der Waals surface area contributed by atoms with Gasteiger partial charge in [0.1, 0.15) is 0 Å². The Morgan fingerprint density at radius 1 is 0.150 bits per heavy atom. The molecule has 12 aromatic rings. The van der Waals surface area contributed by atoms with E-state index >= 15 is 0 Å². The Labute approximate surface area is 476 Å². The summed E-state index contributed by atoms with van der Waals surface area (Å²) in [6.07, 6.45) is 0. The monoisotopic (exact) mass is 1040 g/mol. The van der Waals surface area contributed by atoms with Crippen molar-refractivity contribution in [1.29, 1.82) is 0 Å². The smallest absolute Gasteiger partial charge is 0.00921 e. The van der Waals surface area contributed by atoms with Crippen LogP contribution in [-0.4, -0.2) is 0 Å². The maximum Gasteiger partial charge on any atom is -0.00921 e. The van der Waals surface area contributed by atoms with Crippen LogP contribution in [0.1, 0.15) is 111 Å². The zero-order valence-corrected chi connectivity index (χ0v) is 51.4. The molecule has 0 aliphatic rings. The molecular weight excluding hydrogens is 961 g/mol. The fraction of sp³-hybridized carbons (Fsp3) is 0.250. The fourth-order valence-corrected chi connectivity index (χ4v) is 14.8. The number of rotatable bonds is 5. The zero-order valence-electron chi connectivity index (χ0n) is 51.4. The molecule has 0 amide bonds. The van der Waals surface area contributed by atoms with Gasteiger partial charge in [-0.1, -0.05) is 72.8 Å². The lowest BCUT2D eigenvalue weighted by molar-refractivity contribution is 1.18. The van der Waals surface area contributed by atoms with Crippen LogP contribution in [0.2, 0.25) is 0 Å². The highest BCUT2D eigenvalue weighted by atomic mass is 14.3. The second-order valence-electron chi connectivity index (χ2n) is 24.5. The summed E-state index contributed by atoms with van der Waals surface area (Å²) < 4.78 is 0. The topological polar surface area (TPSA) is 0 Å². The Balaban J connectivity index is 1.22. The Hall–Kier alpha value is -7.80. The first-order valence-electron chi connectivity index (χ1n) is 29.2. The van der Waals surface area contributed by atoms with Crippen molar-refractivity contribution < 1.29 is 0 Å². The molecule has 0 nitrogen and oxygen atoms in total. The summed E-state index contributed by atoms with van der Waals surface area (Å²) in [5, 5.41) is 15.5. The van der Waals surface area contributed by atoms with Gasteiger partial charge in [-0.25, -0.2) is 0 Å². The predicted molar refractivity (Wildman–Crippen MR) is 353 cm³/mol. The van der Waals surface area contributed by atoms with E-state index in [0.717, 1.165) is 0 Å². The number of hydrogen-bond acceptors (Lipinski definition) is 0. The molecule has 0 N–H and O–H groups in total. The van der Waals surface area contributed by atoms with Crippen LogP contribution < -0.4 is 0 Å². The van der Waals surface area contributed by atoms with Crippen LogP contribution in [0.4, 0.5) is 0 Å². The number of benzene rings is 12. The SMILES string of the molecule is Cc1c(C)c(C)c(-c2cc3c4ccc(-c5ccc6c(-c7c(C)c(C)c(C)c(C)c7C)cc7c8ccccc8c(-c8c(C)c(C)c(C)c(C)c8C)cc7c6c5)cc4c(-c4c(C)c(C)c(C)c(C)c4C)cc3c3ccccc23)c(C)c1C. The molecule has 0 saturated carbocycles. The van der Waals surface area contributed by atoms with Gasteiger partial charge < -0.3 is 0 Å². The molecule has 0 unspecified atom stereocenters. The number of fused-ring (bicyclic) bond motifs is 10.